The molecule has 7 rings (SSSR count). The minimum atomic E-state index is -3.40. The number of aromatic nitrogens is 2. The number of fused-ring (bicyclic) bond motifs is 3. The number of likely N-dealkylation sites (tertiary alicyclic amines) is 1. The second kappa shape index (κ2) is 13.1. The van der Waals surface area contributed by atoms with Gasteiger partial charge in [-0.15, -0.1) is 0 Å². The number of urea groups is 1. The highest BCUT2D eigenvalue weighted by atomic mass is 32.2. The highest BCUT2D eigenvalue weighted by molar-refractivity contribution is 7.88. The van der Waals surface area contributed by atoms with Gasteiger partial charge in [-0.25, -0.2) is 23.2 Å². The molecule has 3 aromatic rings. The van der Waals surface area contributed by atoms with Crippen LogP contribution in [0.3, 0.4) is 0 Å². The van der Waals surface area contributed by atoms with Gasteiger partial charge < -0.3 is 30.1 Å². The van der Waals surface area contributed by atoms with Crippen molar-refractivity contribution in [1.82, 2.24) is 24.1 Å². The summed E-state index contributed by atoms with van der Waals surface area (Å²) in [4.78, 5) is 41.9. The Morgan fingerprint density at radius 1 is 0.854 bits per heavy atom. The van der Waals surface area contributed by atoms with Crippen LogP contribution in [0, 0.1) is 0 Å². The third-order valence-electron chi connectivity index (χ3n) is 9.82. The Morgan fingerprint density at radius 2 is 1.46 bits per heavy atom. The van der Waals surface area contributed by atoms with Crippen LogP contribution in [0.5, 0.6) is 0 Å². The molecular formula is C34H42N8O5S. The topological polar surface area (TPSA) is 140 Å². The fourth-order valence-corrected chi connectivity index (χ4v) is 7.80. The van der Waals surface area contributed by atoms with Crippen molar-refractivity contribution in [2.75, 3.05) is 62.1 Å². The van der Waals surface area contributed by atoms with E-state index < -0.39 is 16.1 Å². The SMILES string of the molecule is CN(C)C1CCN(C(=O)c2ccc(NC(=O)Nc3ccc(-c4nc5c(c(N6CC7CCC(C6)O7)n4)CN(S(C)(=O)=O)C5)cc3)cc2)CC1. The molecule has 1 aromatic heterocycles. The van der Waals surface area contributed by atoms with Gasteiger partial charge in [0.15, 0.2) is 5.82 Å². The van der Waals surface area contributed by atoms with Crippen LogP contribution in [0.2, 0.25) is 0 Å². The lowest BCUT2D eigenvalue weighted by Gasteiger charge is -2.35. The molecule has 3 saturated heterocycles. The zero-order chi connectivity index (χ0) is 33.6. The van der Waals surface area contributed by atoms with Gasteiger partial charge in [-0.1, -0.05) is 0 Å². The molecule has 2 atom stereocenters. The monoisotopic (exact) mass is 674 g/mol. The minimum absolute atomic E-state index is 0.00699. The first-order valence-corrected chi connectivity index (χ1v) is 18.3. The molecule has 4 aliphatic rings. The zero-order valence-corrected chi connectivity index (χ0v) is 28.4. The first-order chi connectivity index (χ1) is 23.0. The van der Waals surface area contributed by atoms with Gasteiger partial charge in [0.05, 0.1) is 30.7 Å². The van der Waals surface area contributed by atoms with Crippen LogP contribution in [-0.2, 0) is 27.8 Å². The molecule has 0 spiro atoms. The molecule has 48 heavy (non-hydrogen) atoms. The normalized spacial score (nSPS) is 21.4. The molecule has 0 radical (unpaired) electrons. The van der Waals surface area contributed by atoms with Crippen molar-refractivity contribution < 1.29 is 22.7 Å². The molecule has 254 valence electrons. The van der Waals surface area contributed by atoms with E-state index in [1.165, 1.54) is 10.6 Å². The summed E-state index contributed by atoms with van der Waals surface area (Å²) in [5.41, 5.74) is 4.07. The summed E-state index contributed by atoms with van der Waals surface area (Å²) < 4.78 is 32.3. The van der Waals surface area contributed by atoms with Crippen molar-refractivity contribution in [2.24, 2.45) is 0 Å². The van der Waals surface area contributed by atoms with Gasteiger partial charge in [0.1, 0.15) is 5.82 Å². The van der Waals surface area contributed by atoms with Crippen LogP contribution < -0.4 is 15.5 Å². The Morgan fingerprint density at radius 3 is 2.04 bits per heavy atom. The second-order valence-electron chi connectivity index (χ2n) is 13.4. The predicted octanol–water partition coefficient (Wildman–Crippen LogP) is 3.60. The molecule has 2 aromatic carbocycles. The van der Waals surface area contributed by atoms with E-state index in [9.17, 15) is 18.0 Å². The maximum Gasteiger partial charge on any atom is 0.323 e. The molecule has 3 amide bonds. The van der Waals surface area contributed by atoms with Crippen LogP contribution in [0.4, 0.5) is 22.0 Å². The van der Waals surface area contributed by atoms with Crippen LogP contribution in [-0.4, -0.2) is 109 Å². The second-order valence-corrected chi connectivity index (χ2v) is 15.4. The molecule has 3 fully saturated rings. The lowest BCUT2D eigenvalue weighted by atomic mass is 10.0. The summed E-state index contributed by atoms with van der Waals surface area (Å²) in [5, 5.41) is 5.68. The number of carbonyl (C=O) groups is 2. The molecule has 2 N–H and O–H groups in total. The van der Waals surface area contributed by atoms with Crippen LogP contribution >= 0.6 is 0 Å². The van der Waals surface area contributed by atoms with Crippen LogP contribution in [0.15, 0.2) is 48.5 Å². The minimum Gasteiger partial charge on any atom is -0.371 e. The highest BCUT2D eigenvalue weighted by Crippen LogP contribution is 2.36. The molecular weight excluding hydrogens is 632 g/mol. The Hall–Kier alpha value is -4.11. The Kier molecular flexibility index (Phi) is 8.83. The maximum atomic E-state index is 13.0. The number of benzene rings is 2. The van der Waals surface area contributed by atoms with E-state index in [0.29, 0.717) is 47.6 Å². The molecule has 2 unspecified atom stereocenters. The fraction of sp³-hybridized carbons (Fsp3) is 0.471. The number of nitrogens with one attached hydrogen (secondary N) is 2. The van der Waals surface area contributed by atoms with E-state index in [2.05, 4.69) is 34.5 Å². The smallest absolute Gasteiger partial charge is 0.323 e. The molecule has 5 heterocycles. The van der Waals surface area contributed by atoms with E-state index in [-0.39, 0.29) is 31.2 Å². The number of piperidine rings is 1. The summed E-state index contributed by atoms with van der Waals surface area (Å²) in [6.45, 7) is 3.36. The van der Waals surface area contributed by atoms with Gasteiger partial charge in [-0.3, -0.25) is 4.79 Å². The Balaban J connectivity index is 1.00. The van der Waals surface area contributed by atoms with Crippen LogP contribution in [0.25, 0.3) is 11.4 Å². The largest absolute Gasteiger partial charge is 0.371 e. The summed E-state index contributed by atoms with van der Waals surface area (Å²) in [6.07, 6.45) is 5.47. The van der Waals surface area contributed by atoms with Gasteiger partial charge in [-0.05, 0) is 88.3 Å². The number of nitrogens with zero attached hydrogens (tertiary/aromatic N) is 6. The van der Waals surface area contributed by atoms with Gasteiger partial charge in [-0.2, -0.15) is 4.31 Å². The number of rotatable bonds is 7. The molecule has 2 bridgehead atoms. The summed E-state index contributed by atoms with van der Waals surface area (Å²) in [6, 6.07) is 14.3. The average molecular weight is 675 g/mol. The Bertz CT molecular complexity index is 1780. The van der Waals surface area contributed by atoms with Gasteiger partial charge in [0, 0.05) is 66.8 Å². The first kappa shape index (κ1) is 32.4. The predicted molar refractivity (Wildman–Crippen MR) is 183 cm³/mol. The number of anilines is 3. The van der Waals surface area contributed by atoms with Gasteiger partial charge in [0.25, 0.3) is 5.91 Å². The van der Waals surface area contributed by atoms with Crippen molar-refractivity contribution in [1.29, 1.82) is 0 Å². The molecule has 14 heteroatoms. The first-order valence-electron chi connectivity index (χ1n) is 16.5. The molecule has 4 aliphatic heterocycles. The van der Waals surface area contributed by atoms with Crippen molar-refractivity contribution in [3.63, 3.8) is 0 Å². The lowest BCUT2D eigenvalue weighted by molar-refractivity contribution is 0.0301. The third-order valence-corrected chi connectivity index (χ3v) is 11.0. The molecule has 13 nitrogen and oxygen atoms in total. The van der Waals surface area contributed by atoms with Crippen LogP contribution in [0.1, 0.15) is 47.3 Å². The Labute approximate surface area is 281 Å². The number of ether oxygens (including phenoxy) is 1. The van der Waals surface area contributed by atoms with Crippen molar-refractivity contribution >= 4 is 39.2 Å². The summed E-state index contributed by atoms with van der Waals surface area (Å²) >= 11 is 0. The number of amides is 3. The number of carbonyl (C=O) groups excluding carboxylic acids is 2. The van der Waals surface area contributed by atoms with Gasteiger partial charge in [0.2, 0.25) is 10.0 Å². The number of morpholine rings is 1. The fourth-order valence-electron chi connectivity index (χ4n) is 7.08. The quantitative estimate of drug-likeness (QED) is 0.385. The van der Waals surface area contributed by atoms with Gasteiger partial charge >= 0.3 is 6.03 Å². The van der Waals surface area contributed by atoms with E-state index in [4.69, 9.17) is 14.7 Å². The van der Waals surface area contributed by atoms with E-state index in [0.717, 1.165) is 55.7 Å². The standard InChI is InChI=1S/C34H42N8O5S/c1-39(2)26-14-16-40(17-15-26)33(43)23-6-10-25(11-7-23)36-34(44)35-24-8-4-22(5-9-24)31-37-30-21-42(48(3,45)46)20-29(30)32(38-31)41-18-27-12-13-28(19-41)47-27/h4-11,26-28H,12-21H2,1-3H3,(H2,35,36,44). The van der Waals surface area contributed by atoms with E-state index in [1.807, 2.05) is 17.0 Å². The number of sulfonamides is 1. The lowest BCUT2D eigenvalue weighted by Crippen LogP contribution is -2.44. The maximum absolute atomic E-state index is 13.0. The summed E-state index contributed by atoms with van der Waals surface area (Å²) in [7, 11) is 0.750. The van der Waals surface area contributed by atoms with Crippen molar-refractivity contribution in [2.45, 2.75) is 57.0 Å². The molecule has 0 saturated carbocycles. The van der Waals surface area contributed by atoms with E-state index in [1.54, 1.807) is 36.4 Å². The van der Waals surface area contributed by atoms with Crippen molar-refractivity contribution in [3.05, 3.63) is 65.4 Å². The average Bonchev–Trinajstić information content (AvgIpc) is 3.67. The van der Waals surface area contributed by atoms with Crippen molar-refractivity contribution in [3.8, 4) is 11.4 Å². The third kappa shape index (κ3) is 6.88. The zero-order valence-electron chi connectivity index (χ0n) is 27.6. The highest BCUT2D eigenvalue weighted by Gasteiger charge is 2.38. The summed E-state index contributed by atoms with van der Waals surface area (Å²) in [5.74, 6) is 1.28. The van der Waals surface area contributed by atoms with E-state index >= 15 is 0 Å². The number of hydrogen-bond acceptors (Lipinski definition) is 9. The molecule has 0 aliphatic carbocycles. The number of hydrogen-bond donors (Lipinski definition) is 2.